The van der Waals surface area contributed by atoms with E-state index in [0.717, 1.165) is 16.9 Å². The minimum atomic E-state index is -0.541. The second kappa shape index (κ2) is 8.16. The van der Waals surface area contributed by atoms with Crippen molar-refractivity contribution in [2.45, 2.75) is 6.17 Å². The first-order valence-corrected chi connectivity index (χ1v) is 9.41. The number of methoxy groups -OCH3 is 1. The molecule has 3 aromatic rings. The smallest absolute Gasteiger partial charge is 0.262 e. The Morgan fingerprint density at radius 3 is 2.33 bits per heavy atom. The van der Waals surface area contributed by atoms with Crippen molar-refractivity contribution in [3.63, 3.8) is 0 Å². The van der Waals surface area contributed by atoms with Crippen LogP contribution in [0, 0.1) is 0 Å². The summed E-state index contributed by atoms with van der Waals surface area (Å²) in [6.45, 7) is -0.190. The van der Waals surface area contributed by atoms with E-state index in [1.54, 1.807) is 30.2 Å². The lowest BCUT2D eigenvalue weighted by molar-refractivity contribution is -0.119. The number of carbonyl (C=O) groups is 2. The molecule has 0 aliphatic carbocycles. The Hall–Kier alpha value is -4.00. The molecule has 0 saturated heterocycles. The summed E-state index contributed by atoms with van der Waals surface area (Å²) in [5.74, 6) is 0.592. The van der Waals surface area contributed by atoms with Crippen LogP contribution in [0.4, 0.5) is 11.4 Å². The van der Waals surface area contributed by atoms with Gasteiger partial charge in [0.2, 0.25) is 0 Å². The molecule has 0 spiro atoms. The van der Waals surface area contributed by atoms with Gasteiger partial charge >= 0.3 is 0 Å². The van der Waals surface area contributed by atoms with Gasteiger partial charge in [-0.1, -0.05) is 24.3 Å². The lowest BCUT2D eigenvalue weighted by Gasteiger charge is -2.38. The van der Waals surface area contributed by atoms with Gasteiger partial charge in [-0.2, -0.15) is 0 Å². The fraction of sp³-hybridized carbons (Fsp3) is 0.130. The van der Waals surface area contributed by atoms with E-state index >= 15 is 0 Å². The molecule has 7 heteroatoms. The quantitative estimate of drug-likeness (QED) is 0.658. The van der Waals surface area contributed by atoms with Gasteiger partial charge in [0.25, 0.3) is 11.8 Å². The van der Waals surface area contributed by atoms with E-state index in [0.29, 0.717) is 17.1 Å². The number of fused-ring (bicyclic) bond motifs is 1. The molecule has 0 aromatic heterocycles. The normalized spacial score (nSPS) is 15.2. The van der Waals surface area contributed by atoms with E-state index in [-0.39, 0.29) is 12.5 Å². The van der Waals surface area contributed by atoms with Crippen molar-refractivity contribution in [3.05, 3.63) is 83.9 Å². The Balaban J connectivity index is 1.71. The van der Waals surface area contributed by atoms with E-state index in [1.807, 2.05) is 54.6 Å². The number of nitrogens with one attached hydrogen (secondary N) is 1. The van der Waals surface area contributed by atoms with Crippen molar-refractivity contribution in [1.82, 2.24) is 0 Å². The van der Waals surface area contributed by atoms with Gasteiger partial charge in [-0.05, 0) is 54.1 Å². The maximum Gasteiger partial charge on any atom is 0.262 e. The van der Waals surface area contributed by atoms with Crippen LogP contribution in [0.2, 0.25) is 0 Å². The summed E-state index contributed by atoms with van der Waals surface area (Å²) in [5.41, 5.74) is 8.10. The van der Waals surface area contributed by atoms with Gasteiger partial charge < -0.3 is 20.5 Å². The van der Waals surface area contributed by atoms with Crippen molar-refractivity contribution < 1.29 is 19.1 Å². The molecule has 7 nitrogen and oxygen atoms in total. The van der Waals surface area contributed by atoms with Crippen molar-refractivity contribution in [1.29, 1.82) is 0 Å². The molecule has 1 atom stereocenters. The number of hydrogen-bond acceptors (Lipinski definition) is 5. The van der Waals surface area contributed by atoms with Gasteiger partial charge in [-0.25, -0.2) is 0 Å². The van der Waals surface area contributed by atoms with Crippen LogP contribution in [0.25, 0.3) is 0 Å². The Kier molecular flexibility index (Phi) is 5.26. The van der Waals surface area contributed by atoms with E-state index in [2.05, 4.69) is 5.32 Å². The number of carbonyl (C=O) groups excluding carboxylic acids is 2. The second-order valence-electron chi connectivity index (χ2n) is 6.79. The summed E-state index contributed by atoms with van der Waals surface area (Å²) in [4.78, 5) is 26.0. The maximum absolute atomic E-state index is 13.4. The summed E-state index contributed by atoms with van der Waals surface area (Å²) in [5, 5.41) is 3.45. The maximum atomic E-state index is 13.4. The molecule has 1 heterocycles. The average Bonchev–Trinajstić information content (AvgIpc) is 2.78. The van der Waals surface area contributed by atoms with Crippen molar-refractivity contribution in [2.24, 2.45) is 5.73 Å². The van der Waals surface area contributed by atoms with Gasteiger partial charge in [0, 0.05) is 11.4 Å². The Morgan fingerprint density at radius 1 is 1.00 bits per heavy atom. The zero-order valence-corrected chi connectivity index (χ0v) is 16.4. The molecule has 0 unspecified atom stereocenters. The third kappa shape index (κ3) is 3.77. The first-order chi connectivity index (χ1) is 14.6. The van der Waals surface area contributed by atoms with Gasteiger partial charge in [0.1, 0.15) is 17.7 Å². The monoisotopic (exact) mass is 403 g/mol. The predicted octanol–water partition coefficient (Wildman–Crippen LogP) is 3.33. The van der Waals surface area contributed by atoms with Gasteiger partial charge in [-0.15, -0.1) is 0 Å². The fourth-order valence-electron chi connectivity index (χ4n) is 3.40. The first-order valence-electron chi connectivity index (χ1n) is 9.41. The van der Waals surface area contributed by atoms with Gasteiger partial charge in [-0.3, -0.25) is 14.5 Å². The van der Waals surface area contributed by atoms with Crippen LogP contribution in [0.1, 0.15) is 22.1 Å². The van der Waals surface area contributed by atoms with Crippen LogP contribution in [0.5, 0.6) is 11.5 Å². The Labute approximate surface area is 174 Å². The highest BCUT2D eigenvalue weighted by atomic mass is 16.5. The largest absolute Gasteiger partial charge is 0.497 e. The highest BCUT2D eigenvalue weighted by molar-refractivity contribution is 6.12. The van der Waals surface area contributed by atoms with E-state index in [1.165, 1.54) is 0 Å². The van der Waals surface area contributed by atoms with E-state index in [9.17, 15) is 9.59 Å². The fourth-order valence-corrected chi connectivity index (χ4v) is 3.40. The Bertz CT molecular complexity index is 1060. The highest BCUT2D eigenvalue weighted by Gasteiger charge is 2.34. The summed E-state index contributed by atoms with van der Waals surface area (Å²) in [6.07, 6.45) is -0.425. The number of primary amides is 1. The molecule has 0 radical (unpaired) electrons. The number of hydrogen-bond donors (Lipinski definition) is 2. The molecule has 0 bridgehead atoms. The molecule has 2 amide bonds. The third-order valence-electron chi connectivity index (χ3n) is 4.85. The van der Waals surface area contributed by atoms with Crippen LogP contribution in [-0.2, 0) is 4.79 Å². The molecule has 0 saturated carbocycles. The van der Waals surface area contributed by atoms with Crippen LogP contribution in [0.3, 0.4) is 0 Å². The second-order valence-corrected chi connectivity index (χ2v) is 6.79. The van der Waals surface area contributed by atoms with Crippen molar-refractivity contribution >= 4 is 23.2 Å². The molecular formula is C23H21N3O4. The molecule has 30 heavy (non-hydrogen) atoms. The lowest BCUT2D eigenvalue weighted by atomic mass is 10.0. The lowest BCUT2D eigenvalue weighted by Crippen LogP contribution is -2.43. The zero-order valence-electron chi connectivity index (χ0n) is 16.4. The summed E-state index contributed by atoms with van der Waals surface area (Å²) < 4.78 is 10.6. The number of anilines is 2. The first kappa shape index (κ1) is 19.3. The molecule has 4 rings (SSSR count). The zero-order chi connectivity index (χ0) is 21.1. The van der Waals surface area contributed by atoms with Crippen LogP contribution >= 0.6 is 0 Å². The molecule has 1 aliphatic heterocycles. The van der Waals surface area contributed by atoms with Crippen LogP contribution in [0.15, 0.2) is 72.8 Å². The van der Waals surface area contributed by atoms with Crippen molar-refractivity contribution in [3.8, 4) is 11.5 Å². The molecule has 3 N–H and O–H groups in total. The molecule has 1 aliphatic rings. The number of nitrogens with zero attached hydrogens (tertiary/aromatic N) is 1. The third-order valence-corrected chi connectivity index (χ3v) is 4.85. The molecular weight excluding hydrogens is 382 g/mol. The van der Waals surface area contributed by atoms with Crippen LogP contribution < -0.4 is 25.4 Å². The number of rotatable bonds is 6. The van der Waals surface area contributed by atoms with E-state index < -0.39 is 12.1 Å². The van der Waals surface area contributed by atoms with Gasteiger partial charge in [0.15, 0.2) is 6.61 Å². The summed E-state index contributed by atoms with van der Waals surface area (Å²) in [6, 6.07) is 22.0. The molecule has 152 valence electrons. The number of para-hydroxylation sites is 1. The molecule has 0 fully saturated rings. The topological polar surface area (TPSA) is 93.9 Å². The van der Waals surface area contributed by atoms with E-state index in [4.69, 9.17) is 15.2 Å². The minimum Gasteiger partial charge on any atom is -0.497 e. The predicted molar refractivity (Wildman–Crippen MR) is 114 cm³/mol. The number of amides is 2. The number of nitrogens with two attached hydrogens (primary N) is 1. The molecule has 3 aromatic carbocycles. The number of benzene rings is 3. The summed E-state index contributed by atoms with van der Waals surface area (Å²) >= 11 is 0. The standard InChI is InChI=1S/C23H21N3O4/c1-29-17-12-8-16(9-13-17)26-22(25-20-5-3-2-4-19(20)23(26)28)15-6-10-18(11-7-15)30-14-21(24)27/h2-13,22,25H,14H2,1H3,(H2,24,27)/t22-/m1/s1. The minimum absolute atomic E-state index is 0.103. The Morgan fingerprint density at radius 2 is 1.67 bits per heavy atom. The van der Waals surface area contributed by atoms with Gasteiger partial charge in [0.05, 0.1) is 12.7 Å². The van der Waals surface area contributed by atoms with Crippen molar-refractivity contribution in [2.75, 3.05) is 23.9 Å². The average molecular weight is 403 g/mol. The highest BCUT2D eigenvalue weighted by Crippen LogP contribution is 2.37. The summed E-state index contributed by atoms with van der Waals surface area (Å²) in [7, 11) is 1.60. The number of ether oxygens (including phenoxy) is 2. The van der Waals surface area contributed by atoms with Crippen LogP contribution in [-0.4, -0.2) is 25.5 Å². The SMILES string of the molecule is COc1ccc(N2C(=O)c3ccccc3N[C@H]2c2ccc(OCC(N)=O)cc2)cc1.